The molecule has 0 aromatic heterocycles. The summed E-state index contributed by atoms with van der Waals surface area (Å²) in [5.41, 5.74) is 0. The van der Waals surface area contributed by atoms with Crippen LogP contribution in [0.4, 0.5) is 0 Å². The smallest absolute Gasteiger partial charge is 0.350 e. The summed E-state index contributed by atoms with van der Waals surface area (Å²) < 4.78 is 14.4. The Morgan fingerprint density at radius 1 is 0.739 bits per heavy atom. The van der Waals surface area contributed by atoms with Crippen LogP contribution in [0.3, 0.4) is 0 Å². The van der Waals surface area contributed by atoms with E-state index in [1.165, 1.54) is 77.0 Å². The van der Waals surface area contributed by atoms with Crippen LogP contribution in [-0.2, 0) is 9.09 Å². The van der Waals surface area contributed by atoms with Gasteiger partial charge >= 0.3 is 7.82 Å². The van der Waals surface area contributed by atoms with Crippen LogP contribution in [-0.4, -0.2) is 9.79 Å². The number of phosphoric acid groups is 1. The number of hydrogen-bond acceptors (Lipinski definition) is 2. The second-order valence-electron chi connectivity index (χ2n) is 6.21. The SMILES string of the molecule is CCCCCCCCCCCCCCCCC#COP(=O)(O)O. The van der Waals surface area contributed by atoms with Gasteiger partial charge < -0.3 is 4.52 Å². The topological polar surface area (TPSA) is 66.8 Å². The molecule has 0 atom stereocenters. The molecule has 136 valence electrons. The predicted molar refractivity (Wildman–Crippen MR) is 95.8 cm³/mol. The minimum atomic E-state index is -4.43. The third kappa shape index (κ3) is 21.5. The first-order chi connectivity index (χ1) is 11.1. The van der Waals surface area contributed by atoms with E-state index in [1.807, 2.05) is 0 Å². The van der Waals surface area contributed by atoms with Gasteiger partial charge in [-0.1, -0.05) is 96.3 Å². The third-order valence-electron chi connectivity index (χ3n) is 3.89. The van der Waals surface area contributed by atoms with E-state index in [0.717, 1.165) is 12.8 Å². The van der Waals surface area contributed by atoms with E-state index in [0.29, 0.717) is 6.42 Å². The van der Waals surface area contributed by atoms with Gasteiger partial charge in [0.15, 0.2) is 0 Å². The van der Waals surface area contributed by atoms with E-state index in [9.17, 15) is 4.57 Å². The Kier molecular flexibility index (Phi) is 16.0. The maximum atomic E-state index is 10.4. The van der Waals surface area contributed by atoms with E-state index < -0.39 is 7.82 Å². The molecular weight excluding hydrogens is 311 g/mol. The van der Waals surface area contributed by atoms with E-state index in [-0.39, 0.29) is 0 Å². The van der Waals surface area contributed by atoms with Gasteiger partial charge in [0.1, 0.15) is 6.11 Å². The maximum Gasteiger partial charge on any atom is 0.533 e. The predicted octanol–water partition coefficient (Wildman–Crippen LogP) is 5.93. The van der Waals surface area contributed by atoms with Gasteiger partial charge in [0, 0.05) is 6.42 Å². The fraction of sp³-hybridized carbons (Fsp3) is 0.889. The van der Waals surface area contributed by atoms with Gasteiger partial charge in [0.25, 0.3) is 0 Å². The van der Waals surface area contributed by atoms with Crippen LogP contribution in [0.15, 0.2) is 0 Å². The van der Waals surface area contributed by atoms with Crippen molar-refractivity contribution in [1.82, 2.24) is 0 Å². The van der Waals surface area contributed by atoms with Crippen molar-refractivity contribution in [2.45, 2.75) is 103 Å². The molecule has 0 aromatic rings. The first-order valence-electron chi connectivity index (χ1n) is 9.28. The van der Waals surface area contributed by atoms with Gasteiger partial charge in [-0.2, -0.15) is 0 Å². The summed E-state index contributed by atoms with van der Waals surface area (Å²) in [5.74, 6) is 2.62. The molecule has 0 radical (unpaired) electrons. The Hall–Kier alpha value is -0.490. The highest BCUT2D eigenvalue weighted by Gasteiger charge is 2.11. The van der Waals surface area contributed by atoms with E-state index in [4.69, 9.17) is 9.79 Å². The Bertz CT molecular complexity index is 354. The summed E-state index contributed by atoms with van der Waals surface area (Å²) in [7, 11) is -4.43. The zero-order valence-corrected chi connectivity index (χ0v) is 15.7. The Morgan fingerprint density at radius 3 is 1.52 bits per heavy atom. The molecule has 5 heteroatoms. The number of phosphoric ester groups is 1. The summed E-state index contributed by atoms with van der Waals surface area (Å²) in [6, 6.07) is 0. The van der Waals surface area contributed by atoms with Crippen molar-refractivity contribution < 1.29 is 18.9 Å². The largest absolute Gasteiger partial charge is 0.533 e. The van der Waals surface area contributed by atoms with Gasteiger partial charge in [-0.05, 0) is 6.42 Å². The normalized spacial score (nSPS) is 11.1. The molecule has 0 aliphatic rings. The fourth-order valence-corrected chi connectivity index (χ4v) is 2.73. The lowest BCUT2D eigenvalue weighted by atomic mass is 10.0. The molecule has 0 saturated carbocycles. The highest BCUT2D eigenvalue weighted by atomic mass is 31.2. The van der Waals surface area contributed by atoms with Crippen molar-refractivity contribution in [3.63, 3.8) is 0 Å². The van der Waals surface area contributed by atoms with Crippen LogP contribution in [0.5, 0.6) is 0 Å². The van der Waals surface area contributed by atoms with Gasteiger partial charge in [-0.15, -0.1) is 0 Å². The molecule has 23 heavy (non-hydrogen) atoms. The number of unbranched alkanes of at least 4 members (excludes halogenated alkanes) is 14. The molecule has 0 spiro atoms. The van der Waals surface area contributed by atoms with Crippen LogP contribution in [0, 0.1) is 12.0 Å². The molecule has 0 aliphatic carbocycles. The molecule has 0 heterocycles. The minimum Gasteiger partial charge on any atom is -0.350 e. The lowest BCUT2D eigenvalue weighted by Gasteiger charge is -2.02. The van der Waals surface area contributed by atoms with Crippen LogP contribution >= 0.6 is 7.82 Å². The van der Waals surface area contributed by atoms with E-state index >= 15 is 0 Å². The third-order valence-corrected chi connectivity index (χ3v) is 4.22. The molecule has 4 nitrogen and oxygen atoms in total. The van der Waals surface area contributed by atoms with Crippen molar-refractivity contribution in [3.8, 4) is 12.0 Å². The average Bonchev–Trinajstić information content (AvgIpc) is 2.49. The molecule has 0 fully saturated rings. The summed E-state index contributed by atoms with van der Waals surface area (Å²) in [6.45, 7) is 2.26. The first kappa shape index (κ1) is 22.5. The highest BCUT2D eigenvalue weighted by molar-refractivity contribution is 7.46. The van der Waals surface area contributed by atoms with Crippen molar-refractivity contribution in [2.24, 2.45) is 0 Å². The van der Waals surface area contributed by atoms with E-state index in [2.05, 4.69) is 23.5 Å². The Labute approximate surface area is 142 Å². The molecule has 0 saturated heterocycles. The van der Waals surface area contributed by atoms with Gasteiger partial charge in [0.05, 0.1) is 0 Å². The minimum absolute atomic E-state index is 0.637. The lowest BCUT2D eigenvalue weighted by Crippen LogP contribution is -1.83. The molecular formula is C18H35O4P. The highest BCUT2D eigenvalue weighted by Crippen LogP contribution is 2.34. The van der Waals surface area contributed by atoms with Gasteiger partial charge in [-0.3, -0.25) is 9.79 Å². The van der Waals surface area contributed by atoms with Gasteiger partial charge in [0.2, 0.25) is 0 Å². The summed E-state index contributed by atoms with van der Waals surface area (Å²) in [5, 5.41) is 0. The molecule has 0 aliphatic heterocycles. The summed E-state index contributed by atoms with van der Waals surface area (Å²) in [4.78, 5) is 16.9. The molecule has 0 amide bonds. The second-order valence-corrected chi connectivity index (χ2v) is 7.37. The average molecular weight is 346 g/mol. The Balaban J connectivity index is 3.12. The van der Waals surface area contributed by atoms with Crippen LogP contribution in [0.2, 0.25) is 0 Å². The van der Waals surface area contributed by atoms with Crippen LogP contribution in [0.25, 0.3) is 0 Å². The fourth-order valence-electron chi connectivity index (χ4n) is 2.55. The molecule has 0 unspecified atom stereocenters. The number of rotatable bonds is 15. The first-order valence-corrected chi connectivity index (χ1v) is 10.8. The van der Waals surface area contributed by atoms with Crippen molar-refractivity contribution in [1.29, 1.82) is 0 Å². The molecule has 0 aromatic carbocycles. The monoisotopic (exact) mass is 346 g/mol. The summed E-state index contributed by atoms with van der Waals surface area (Å²) in [6.07, 6.45) is 21.1. The van der Waals surface area contributed by atoms with Gasteiger partial charge in [-0.25, -0.2) is 4.57 Å². The van der Waals surface area contributed by atoms with Crippen molar-refractivity contribution >= 4 is 7.82 Å². The second kappa shape index (κ2) is 16.4. The zero-order chi connectivity index (χ0) is 17.2. The summed E-state index contributed by atoms with van der Waals surface area (Å²) >= 11 is 0. The lowest BCUT2D eigenvalue weighted by molar-refractivity contribution is 0.269. The zero-order valence-electron chi connectivity index (χ0n) is 14.8. The standard InChI is InChI=1S/C18H35O4P/c1-2-3-4-5-6-7-8-9-10-11-12-13-14-15-16-17-18-22-23(19,20)21/h2-16H2,1H3,(H2,19,20,21). The van der Waals surface area contributed by atoms with Crippen molar-refractivity contribution in [2.75, 3.05) is 0 Å². The van der Waals surface area contributed by atoms with Crippen LogP contribution in [0.1, 0.15) is 103 Å². The quantitative estimate of drug-likeness (QED) is 0.219. The Morgan fingerprint density at radius 2 is 1.13 bits per heavy atom. The van der Waals surface area contributed by atoms with Crippen molar-refractivity contribution in [3.05, 3.63) is 0 Å². The molecule has 2 N–H and O–H groups in total. The number of hydrogen-bond donors (Lipinski definition) is 2. The molecule has 0 bridgehead atoms. The van der Waals surface area contributed by atoms with Crippen LogP contribution < -0.4 is 0 Å². The molecule has 0 rings (SSSR count). The van der Waals surface area contributed by atoms with E-state index in [1.54, 1.807) is 0 Å². The maximum absolute atomic E-state index is 10.4.